The van der Waals surface area contributed by atoms with E-state index in [0.717, 1.165) is 158 Å². The number of nitrogens with one attached hydrogen (secondary N) is 1. The van der Waals surface area contributed by atoms with Gasteiger partial charge in [-0.15, -0.1) is 0 Å². The molecule has 13 nitrogen and oxygen atoms in total. The molecule has 4 aliphatic rings. The van der Waals surface area contributed by atoms with Crippen LogP contribution < -0.4 is 5.32 Å². The van der Waals surface area contributed by atoms with E-state index < -0.39 is 11.7 Å². The molecule has 79 heavy (non-hydrogen) atoms. The number of aromatic nitrogens is 4. The maximum absolute atomic E-state index is 13.8. The molecule has 4 heterocycles. The first kappa shape index (κ1) is 53.7. The SMILES string of the molecule is CC(C)(C)OC(=O)Nc1ccc(-c2ccccc2)cc1CC(=O)c1ccc2c(c1)c(C1CC1)nn2CCN1CCOCC1.Cc1ccc(-c2ccccc2)cc1CC(=O)c1ccc2c(c1)c(C1CC1)nn2CCN1CCOCC1. The van der Waals surface area contributed by atoms with Crippen LogP contribution in [-0.2, 0) is 40.1 Å². The Balaban J connectivity index is 0.000000170. The topological polar surface area (TPSA) is 133 Å². The average Bonchev–Trinajstić information content (AvgIpc) is 4.50. The first-order chi connectivity index (χ1) is 38.4. The third kappa shape index (κ3) is 13.4. The average molecular weight is 1060 g/mol. The molecule has 0 bridgehead atoms. The van der Waals surface area contributed by atoms with E-state index >= 15 is 0 Å². The number of nitrogens with zero attached hydrogens (tertiary/aromatic N) is 6. The summed E-state index contributed by atoms with van der Waals surface area (Å²) in [7, 11) is 0. The van der Waals surface area contributed by atoms with E-state index in [1.54, 1.807) is 0 Å². The Kier molecular flexibility index (Phi) is 16.3. The van der Waals surface area contributed by atoms with Gasteiger partial charge in [0.25, 0.3) is 0 Å². The van der Waals surface area contributed by atoms with Gasteiger partial charge < -0.3 is 14.2 Å². The van der Waals surface area contributed by atoms with Crippen molar-refractivity contribution in [2.75, 3.05) is 71.0 Å². The molecule has 0 atom stereocenters. The Labute approximate surface area is 463 Å². The van der Waals surface area contributed by atoms with Gasteiger partial charge in [-0.3, -0.25) is 34.1 Å². The highest BCUT2D eigenvalue weighted by molar-refractivity contribution is 6.03. The largest absolute Gasteiger partial charge is 0.444 e. The van der Waals surface area contributed by atoms with Gasteiger partial charge in [-0.25, -0.2) is 4.79 Å². The van der Waals surface area contributed by atoms with Crippen molar-refractivity contribution < 1.29 is 28.6 Å². The Bertz CT molecular complexity index is 3450. The number of ether oxygens (including phenoxy) is 3. The van der Waals surface area contributed by atoms with Crippen molar-refractivity contribution in [1.29, 1.82) is 0 Å². The van der Waals surface area contributed by atoms with Gasteiger partial charge in [0.15, 0.2) is 11.6 Å². The van der Waals surface area contributed by atoms with Crippen LogP contribution in [0.15, 0.2) is 133 Å². The minimum Gasteiger partial charge on any atom is -0.444 e. The van der Waals surface area contributed by atoms with Gasteiger partial charge in [-0.1, -0.05) is 84.9 Å². The molecule has 2 aliphatic carbocycles. The smallest absolute Gasteiger partial charge is 0.412 e. The number of fused-ring (bicyclic) bond motifs is 2. The second-order valence-corrected chi connectivity index (χ2v) is 22.7. The van der Waals surface area contributed by atoms with Crippen molar-refractivity contribution >= 4 is 45.2 Å². The number of Topliss-reactive ketones (excluding diaryl/α,β-unsaturated/α-hetero) is 2. The fourth-order valence-electron chi connectivity index (χ4n) is 10.8. The first-order valence-corrected chi connectivity index (χ1v) is 28.4. The standard InChI is InChI=1S/C35H40N4O4.C31H33N3O2/c1-35(2,3)43-34(41)36-30-13-11-26(24-7-5-4-6-8-24)21-28(30)23-32(40)27-12-14-31-29(22-27)33(25-9-10-25)37-39(31)16-15-38-17-19-42-20-18-38;1-22-7-8-25(23-5-3-2-4-6-23)19-27(22)21-30(35)26-11-12-29-28(20-26)31(24-9-10-24)32-34(29)14-13-33-15-17-36-18-16-33/h4-8,11-14,21-22,25H,9-10,15-20,23H2,1-3H3,(H,36,41);2-8,11-12,19-20,24H,9-10,13-18,21H2,1H3. The lowest BCUT2D eigenvalue weighted by molar-refractivity contribution is 0.0360. The van der Waals surface area contributed by atoms with Gasteiger partial charge in [0, 0.05) is 91.5 Å². The molecule has 12 rings (SSSR count). The molecule has 2 aromatic heterocycles. The zero-order chi connectivity index (χ0) is 54.5. The number of carbonyl (C=O) groups is 3. The van der Waals surface area contributed by atoms with Crippen molar-refractivity contribution in [2.24, 2.45) is 0 Å². The number of ketones is 2. The lowest BCUT2D eigenvalue weighted by Gasteiger charge is -2.26. The lowest BCUT2D eigenvalue weighted by Crippen LogP contribution is -2.38. The van der Waals surface area contributed by atoms with E-state index in [-0.39, 0.29) is 18.0 Å². The number of aryl methyl sites for hydroxylation is 1. The molecule has 4 fully saturated rings. The summed E-state index contributed by atoms with van der Waals surface area (Å²) in [5.74, 6) is 1.15. The predicted molar refractivity (Wildman–Crippen MR) is 312 cm³/mol. The van der Waals surface area contributed by atoms with Gasteiger partial charge in [0.1, 0.15) is 5.60 Å². The summed E-state index contributed by atoms with van der Waals surface area (Å²) in [5.41, 5.74) is 13.2. The summed E-state index contributed by atoms with van der Waals surface area (Å²) in [6.07, 6.45) is 4.66. The van der Waals surface area contributed by atoms with Crippen LogP contribution in [0, 0.1) is 6.92 Å². The minimum atomic E-state index is -0.634. The van der Waals surface area contributed by atoms with E-state index in [0.29, 0.717) is 29.5 Å². The third-order valence-electron chi connectivity index (χ3n) is 15.6. The Hall–Kier alpha value is -7.29. The quantitative estimate of drug-likeness (QED) is 0.0879. The van der Waals surface area contributed by atoms with E-state index in [1.807, 2.05) is 112 Å². The van der Waals surface area contributed by atoms with Crippen LogP contribution in [0.4, 0.5) is 10.5 Å². The van der Waals surface area contributed by atoms with Crippen molar-refractivity contribution in [3.8, 4) is 22.3 Å². The van der Waals surface area contributed by atoms with E-state index in [1.165, 1.54) is 24.1 Å². The van der Waals surface area contributed by atoms with E-state index in [2.05, 4.69) is 73.9 Å². The molecule has 0 radical (unpaired) electrons. The summed E-state index contributed by atoms with van der Waals surface area (Å²) in [6.45, 7) is 18.2. The first-order valence-electron chi connectivity index (χ1n) is 28.4. The van der Waals surface area contributed by atoms with Crippen LogP contribution in [0.3, 0.4) is 0 Å². The van der Waals surface area contributed by atoms with E-state index in [9.17, 15) is 14.4 Å². The molecule has 2 saturated heterocycles. The van der Waals surface area contributed by atoms with Crippen LogP contribution in [0.5, 0.6) is 0 Å². The Morgan fingerprint density at radius 2 is 1.00 bits per heavy atom. The highest BCUT2D eigenvalue weighted by Crippen LogP contribution is 2.44. The molecule has 0 spiro atoms. The number of rotatable bonds is 17. The molecule has 408 valence electrons. The molecule has 1 N–H and O–H groups in total. The molecular formula is C66H73N7O6. The summed E-state index contributed by atoms with van der Waals surface area (Å²) in [5, 5.41) is 15.1. The van der Waals surface area contributed by atoms with Gasteiger partial charge in [0.05, 0.1) is 61.9 Å². The maximum atomic E-state index is 13.8. The number of hydrogen-bond acceptors (Lipinski definition) is 10. The normalized spacial score (nSPS) is 16.2. The molecule has 8 aromatic rings. The second kappa shape index (κ2) is 24.0. The Morgan fingerprint density at radius 1 is 0.544 bits per heavy atom. The number of anilines is 1. The molecule has 1 amide bonds. The number of hydrogen-bond donors (Lipinski definition) is 1. The van der Waals surface area contributed by atoms with Crippen LogP contribution in [0.1, 0.15) is 107 Å². The lowest BCUT2D eigenvalue weighted by atomic mass is 9.94. The van der Waals surface area contributed by atoms with Gasteiger partial charge in [0.2, 0.25) is 0 Å². The second-order valence-electron chi connectivity index (χ2n) is 22.7. The molecular weight excluding hydrogens is 987 g/mol. The number of morpholine rings is 2. The van der Waals surface area contributed by atoms with Crippen molar-refractivity contribution in [1.82, 2.24) is 29.4 Å². The zero-order valence-electron chi connectivity index (χ0n) is 46.2. The highest BCUT2D eigenvalue weighted by Gasteiger charge is 2.31. The maximum Gasteiger partial charge on any atom is 0.412 e. The number of benzene rings is 6. The molecule has 2 aliphatic heterocycles. The van der Waals surface area contributed by atoms with Crippen molar-refractivity contribution in [3.63, 3.8) is 0 Å². The van der Waals surface area contributed by atoms with Crippen molar-refractivity contribution in [2.45, 2.75) is 96.7 Å². The number of carbonyl (C=O) groups excluding carboxylic acids is 3. The number of amides is 1. The Morgan fingerprint density at radius 3 is 1.47 bits per heavy atom. The summed E-state index contributed by atoms with van der Waals surface area (Å²) in [6, 6.07) is 44.7. The van der Waals surface area contributed by atoms with Crippen LogP contribution >= 0.6 is 0 Å². The minimum absolute atomic E-state index is 0.0119. The third-order valence-corrected chi connectivity index (χ3v) is 15.6. The fourth-order valence-corrected chi connectivity index (χ4v) is 10.8. The molecule has 2 saturated carbocycles. The highest BCUT2D eigenvalue weighted by atomic mass is 16.6. The van der Waals surface area contributed by atoms with Gasteiger partial charge in [-0.2, -0.15) is 10.2 Å². The monoisotopic (exact) mass is 1060 g/mol. The van der Waals surface area contributed by atoms with Gasteiger partial charge in [-0.05, 0) is 141 Å². The molecule has 13 heteroatoms. The van der Waals surface area contributed by atoms with Crippen LogP contribution in [-0.4, -0.2) is 118 Å². The van der Waals surface area contributed by atoms with Crippen LogP contribution in [0.2, 0.25) is 0 Å². The van der Waals surface area contributed by atoms with Gasteiger partial charge >= 0.3 is 6.09 Å². The zero-order valence-corrected chi connectivity index (χ0v) is 46.2. The summed E-state index contributed by atoms with van der Waals surface area (Å²) >= 11 is 0. The fraction of sp³-hybridized carbons (Fsp3) is 0.379. The van der Waals surface area contributed by atoms with Crippen molar-refractivity contribution in [3.05, 3.63) is 173 Å². The molecule has 6 aromatic carbocycles. The van der Waals surface area contributed by atoms with Crippen LogP contribution in [0.25, 0.3) is 44.1 Å². The predicted octanol–water partition coefficient (Wildman–Crippen LogP) is 12.3. The van der Waals surface area contributed by atoms with E-state index in [4.69, 9.17) is 24.4 Å². The molecule has 0 unspecified atom stereocenters. The summed E-state index contributed by atoms with van der Waals surface area (Å²) in [4.78, 5) is 44.8. The summed E-state index contributed by atoms with van der Waals surface area (Å²) < 4.78 is 20.7.